The summed E-state index contributed by atoms with van der Waals surface area (Å²) in [5, 5.41) is 3.11. The van der Waals surface area contributed by atoms with E-state index in [2.05, 4.69) is 15.3 Å². The van der Waals surface area contributed by atoms with E-state index in [0.29, 0.717) is 5.82 Å². The number of nitrogens with zero attached hydrogens (tertiary/aromatic N) is 3. The summed E-state index contributed by atoms with van der Waals surface area (Å²) in [5.74, 6) is 0.106. The van der Waals surface area contributed by atoms with Gasteiger partial charge in [-0.25, -0.2) is 9.97 Å². The minimum absolute atomic E-state index is 0.499. The van der Waals surface area contributed by atoms with Gasteiger partial charge in [-0.05, 0) is 6.92 Å². The Labute approximate surface area is 109 Å². The zero-order valence-electron chi connectivity index (χ0n) is 11.9. The van der Waals surface area contributed by atoms with Crippen LogP contribution in [-0.4, -0.2) is 23.1 Å². The molecule has 0 fully saturated rings. The summed E-state index contributed by atoms with van der Waals surface area (Å²) >= 11 is 0. The molecule has 0 bridgehead atoms. The molecule has 0 aliphatic carbocycles. The van der Waals surface area contributed by atoms with Crippen LogP contribution in [0, 0.1) is 5.95 Å². The van der Waals surface area contributed by atoms with Crippen molar-refractivity contribution in [3.05, 3.63) is 30.2 Å². The standard InChI is InChI=1S/C9H11FN4.2C2H6/c1-7-5-11-2-3-14(7)9-4-8(10)12-6-13-9;2*1-2/h4-6,11H,2-3H2,1H3;2*1-2H3. The molecule has 4 nitrogen and oxygen atoms in total. The van der Waals surface area contributed by atoms with Gasteiger partial charge in [0.1, 0.15) is 12.1 Å². The lowest BCUT2D eigenvalue weighted by Crippen LogP contribution is -2.35. The van der Waals surface area contributed by atoms with Crippen LogP contribution in [0.1, 0.15) is 34.6 Å². The Balaban J connectivity index is 0.000000659. The van der Waals surface area contributed by atoms with E-state index in [1.165, 1.54) is 12.4 Å². The molecule has 1 aliphatic heterocycles. The van der Waals surface area contributed by atoms with Gasteiger partial charge < -0.3 is 10.2 Å². The Kier molecular flexibility index (Phi) is 8.53. The van der Waals surface area contributed by atoms with E-state index in [0.717, 1.165) is 18.8 Å². The number of rotatable bonds is 1. The fraction of sp³-hybridized carbons (Fsp3) is 0.538. The highest BCUT2D eigenvalue weighted by molar-refractivity contribution is 5.45. The zero-order chi connectivity index (χ0) is 14.0. The lowest BCUT2D eigenvalue weighted by molar-refractivity contribution is 0.578. The molecule has 0 spiro atoms. The average Bonchev–Trinajstić information content (AvgIpc) is 2.44. The molecule has 0 unspecified atom stereocenters. The molecular weight excluding hydrogens is 231 g/mol. The summed E-state index contributed by atoms with van der Waals surface area (Å²) in [5.41, 5.74) is 1.02. The predicted molar refractivity (Wildman–Crippen MR) is 73.8 cm³/mol. The van der Waals surface area contributed by atoms with Crippen molar-refractivity contribution in [2.24, 2.45) is 0 Å². The van der Waals surface area contributed by atoms with E-state index in [9.17, 15) is 4.39 Å². The highest BCUT2D eigenvalue weighted by Crippen LogP contribution is 2.16. The lowest BCUT2D eigenvalue weighted by atomic mass is 10.3. The number of aromatic nitrogens is 2. The monoisotopic (exact) mass is 254 g/mol. The van der Waals surface area contributed by atoms with Gasteiger partial charge in [0.15, 0.2) is 0 Å². The van der Waals surface area contributed by atoms with E-state index in [1.807, 2.05) is 45.7 Å². The molecule has 1 aliphatic rings. The number of halogens is 1. The molecule has 0 aromatic carbocycles. The van der Waals surface area contributed by atoms with Gasteiger partial charge in [0.05, 0.1) is 0 Å². The number of allylic oxidation sites excluding steroid dienone is 1. The largest absolute Gasteiger partial charge is 0.388 e. The van der Waals surface area contributed by atoms with Crippen LogP contribution in [0.2, 0.25) is 0 Å². The molecule has 2 rings (SSSR count). The van der Waals surface area contributed by atoms with Crippen LogP contribution >= 0.6 is 0 Å². The van der Waals surface area contributed by atoms with Crippen molar-refractivity contribution < 1.29 is 4.39 Å². The molecule has 1 N–H and O–H groups in total. The third kappa shape index (κ3) is 4.69. The van der Waals surface area contributed by atoms with E-state index >= 15 is 0 Å². The maximum Gasteiger partial charge on any atom is 0.218 e. The summed E-state index contributed by atoms with van der Waals surface area (Å²) in [6.07, 6.45) is 3.13. The van der Waals surface area contributed by atoms with Crippen LogP contribution in [0.4, 0.5) is 10.2 Å². The van der Waals surface area contributed by atoms with Gasteiger partial charge in [0.2, 0.25) is 5.95 Å². The van der Waals surface area contributed by atoms with E-state index < -0.39 is 5.95 Å². The number of anilines is 1. The third-order valence-corrected chi connectivity index (χ3v) is 2.11. The van der Waals surface area contributed by atoms with Crippen molar-refractivity contribution in [2.45, 2.75) is 34.6 Å². The first-order chi connectivity index (χ1) is 8.77. The molecule has 0 saturated heterocycles. The number of nitrogens with one attached hydrogen (secondary N) is 1. The van der Waals surface area contributed by atoms with Crippen LogP contribution in [0.3, 0.4) is 0 Å². The highest BCUT2D eigenvalue weighted by Gasteiger charge is 2.13. The minimum atomic E-state index is -0.499. The third-order valence-electron chi connectivity index (χ3n) is 2.11. The molecule has 5 heteroatoms. The van der Waals surface area contributed by atoms with Crippen LogP contribution < -0.4 is 10.2 Å². The number of hydrogen-bond donors (Lipinski definition) is 1. The Morgan fingerprint density at radius 2 is 1.89 bits per heavy atom. The van der Waals surface area contributed by atoms with Crippen molar-refractivity contribution in [1.29, 1.82) is 0 Å². The fourth-order valence-corrected chi connectivity index (χ4v) is 1.42. The predicted octanol–water partition coefficient (Wildman–Crippen LogP) is 2.94. The van der Waals surface area contributed by atoms with Crippen molar-refractivity contribution in [1.82, 2.24) is 15.3 Å². The lowest BCUT2D eigenvalue weighted by Gasteiger charge is -2.27. The fourth-order valence-electron chi connectivity index (χ4n) is 1.42. The first-order valence-electron chi connectivity index (χ1n) is 6.42. The Morgan fingerprint density at radius 3 is 2.44 bits per heavy atom. The quantitative estimate of drug-likeness (QED) is 0.782. The Bertz CT molecular complexity index is 366. The van der Waals surface area contributed by atoms with Crippen molar-refractivity contribution in [3.63, 3.8) is 0 Å². The molecule has 2 heterocycles. The second-order valence-electron chi connectivity index (χ2n) is 3.09. The molecule has 0 amide bonds. The molecule has 1 aromatic heterocycles. The van der Waals surface area contributed by atoms with Crippen LogP contribution in [0.25, 0.3) is 0 Å². The summed E-state index contributed by atoms with van der Waals surface area (Å²) in [4.78, 5) is 9.39. The van der Waals surface area contributed by atoms with Gasteiger partial charge in [-0.1, -0.05) is 27.7 Å². The average molecular weight is 254 g/mol. The maximum absolute atomic E-state index is 12.8. The molecule has 0 saturated carbocycles. The van der Waals surface area contributed by atoms with Gasteiger partial charge in [-0.15, -0.1) is 0 Å². The summed E-state index contributed by atoms with van der Waals surface area (Å²) in [6, 6.07) is 1.34. The molecular formula is C13H23FN4. The Hall–Kier alpha value is -1.65. The van der Waals surface area contributed by atoms with Gasteiger partial charge in [-0.3, -0.25) is 0 Å². The van der Waals surface area contributed by atoms with E-state index in [1.54, 1.807) is 0 Å². The van der Waals surface area contributed by atoms with Crippen molar-refractivity contribution in [3.8, 4) is 0 Å². The SMILES string of the molecule is CC.CC.CC1=CNCCN1c1cc(F)ncn1. The second-order valence-corrected chi connectivity index (χ2v) is 3.09. The summed E-state index contributed by atoms with van der Waals surface area (Å²) in [7, 11) is 0. The normalized spacial score (nSPS) is 13.2. The van der Waals surface area contributed by atoms with E-state index in [4.69, 9.17) is 0 Å². The van der Waals surface area contributed by atoms with Gasteiger partial charge in [-0.2, -0.15) is 4.39 Å². The van der Waals surface area contributed by atoms with Crippen LogP contribution in [-0.2, 0) is 0 Å². The van der Waals surface area contributed by atoms with E-state index in [-0.39, 0.29) is 0 Å². The molecule has 102 valence electrons. The first-order valence-corrected chi connectivity index (χ1v) is 6.42. The van der Waals surface area contributed by atoms with Gasteiger partial charge in [0.25, 0.3) is 0 Å². The molecule has 18 heavy (non-hydrogen) atoms. The first kappa shape index (κ1) is 16.4. The minimum Gasteiger partial charge on any atom is -0.388 e. The zero-order valence-corrected chi connectivity index (χ0v) is 11.9. The van der Waals surface area contributed by atoms with Gasteiger partial charge >= 0.3 is 0 Å². The smallest absolute Gasteiger partial charge is 0.218 e. The topological polar surface area (TPSA) is 41.0 Å². The molecule has 0 atom stereocenters. The summed E-state index contributed by atoms with van der Waals surface area (Å²) in [6.45, 7) is 11.6. The van der Waals surface area contributed by atoms with Gasteiger partial charge in [0, 0.05) is 31.1 Å². The molecule has 0 radical (unpaired) electrons. The molecule has 1 aromatic rings. The Morgan fingerprint density at radius 1 is 1.22 bits per heavy atom. The number of hydrogen-bond acceptors (Lipinski definition) is 4. The van der Waals surface area contributed by atoms with Crippen LogP contribution in [0.15, 0.2) is 24.3 Å². The van der Waals surface area contributed by atoms with Crippen molar-refractivity contribution in [2.75, 3.05) is 18.0 Å². The second kappa shape index (κ2) is 9.39. The maximum atomic E-state index is 12.8. The van der Waals surface area contributed by atoms with Crippen molar-refractivity contribution >= 4 is 5.82 Å². The van der Waals surface area contributed by atoms with Crippen LogP contribution in [0.5, 0.6) is 0 Å². The summed E-state index contributed by atoms with van der Waals surface area (Å²) < 4.78 is 12.8. The highest BCUT2D eigenvalue weighted by atomic mass is 19.1.